The van der Waals surface area contributed by atoms with Crippen LogP contribution < -0.4 is 5.32 Å². The zero-order valence-electron chi connectivity index (χ0n) is 13.2. The summed E-state index contributed by atoms with van der Waals surface area (Å²) >= 11 is 1.66. The lowest BCUT2D eigenvalue weighted by molar-refractivity contribution is -0.135. The zero-order valence-corrected chi connectivity index (χ0v) is 14.1. The highest BCUT2D eigenvalue weighted by atomic mass is 32.1. The Kier molecular flexibility index (Phi) is 4.91. The second-order valence-corrected chi connectivity index (χ2v) is 6.96. The van der Waals surface area contributed by atoms with E-state index in [1.807, 2.05) is 23.1 Å². The van der Waals surface area contributed by atoms with E-state index in [1.165, 1.54) is 4.70 Å². The third-order valence-corrected chi connectivity index (χ3v) is 5.45. The maximum absolute atomic E-state index is 12.3. The summed E-state index contributed by atoms with van der Waals surface area (Å²) < 4.78 is 1.17. The molecule has 1 fully saturated rings. The molecule has 1 saturated heterocycles. The highest BCUT2D eigenvalue weighted by Crippen LogP contribution is 2.23. The summed E-state index contributed by atoms with van der Waals surface area (Å²) in [6, 6.07) is 8.04. The minimum atomic E-state index is 0.0494. The Morgan fingerprint density at radius 1 is 1.30 bits per heavy atom. The standard InChI is InChI=1S/C17H21N3O2S/c1-18-17(22)12-8-10-20(11-9-12)16(21)7-6-15-19-13-4-2-3-5-14(13)23-15/h2-5,12H,6-11H2,1H3,(H,18,22). The van der Waals surface area contributed by atoms with Gasteiger partial charge in [-0.15, -0.1) is 11.3 Å². The van der Waals surface area contributed by atoms with Crippen LogP contribution in [0.5, 0.6) is 0 Å². The van der Waals surface area contributed by atoms with Gasteiger partial charge in [-0.2, -0.15) is 0 Å². The van der Waals surface area contributed by atoms with Gasteiger partial charge in [0.05, 0.1) is 15.2 Å². The van der Waals surface area contributed by atoms with Crippen LogP contribution in [0.3, 0.4) is 0 Å². The summed E-state index contributed by atoms with van der Waals surface area (Å²) in [6.07, 6.45) is 2.69. The van der Waals surface area contributed by atoms with Crippen LogP contribution in [-0.2, 0) is 16.0 Å². The zero-order chi connectivity index (χ0) is 16.2. The Balaban J connectivity index is 1.51. The van der Waals surface area contributed by atoms with E-state index in [0.29, 0.717) is 25.9 Å². The number of aromatic nitrogens is 1. The molecule has 1 aliphatic heterocycles. The molecule has 6 heteroatoms. The van der Waals surface area contributed by atoms with E-state index in [-0.39, 0.29) is 17.7 Å². The maximum Gasteiger partial charge on any atom is 0.222 e. The molecule has 2 amide bonds. The molecule has 2 heterocycles. The van der Waals surface area contributed by atoms with E-state index in [4.69, 9.17) is 0 Å². The summed E-state index contributed by atoms with van der Waals surface area (Å²) in [6.45, 7) is 1.35. The van der Waals surface area contributed by atoms with Crippen molar-refractivity contribution in [2.24, 2.45) is 5.92 Å². The molecule has 0 atom stereocenters. The largest absolute Gasteiger partial charge is 0.359 e. The van der Waals surface area contributed by atoms with Crippen LogP contribution in [0.25, 0.3) is 10.2 Å². The Hall–Kier alpha value is -1.95. The average Bonchev–Trinajstić information content (AvgIpc) is 3.02. The molecule has 0 bridgehead atoms. The van der Waals surface area contributed by atoms with E-state index in [1.54, 1.807) is 18.4 Å². The molecule has 1 N–H and O–H groups in total. The molecule has 0 unspecified atom stereocenters. The highest BCUT2D eigenvalue weighted by Gasteiger charge is 2.26. The number of benzene rings is 1. The van der Waals surface area contributed by atoms with Crippen LogP contribution in [0.1, 0.15) is 24.3 Å². The van der Waals surface area contributed by atoms with Crippen molar-refractivity contribution in [1.29, 1.82) is 0 Å². The number of fused-ring (bicyclic) bond motifs is 1. The van der Waals surface area contributed by atoms with Crippen LogP contribution >= 0.6 is 11.3 Å². The second-order valence-electron chi connectivity index (χ2n) is 5.84. The van der Waals surface area contributed by atoms with Crippen LogP contribution in [-0.4, -0.2) is 41.8 Å². The minimum absolute atomic E-state index is 0.0494. The number of hydrogen-bond acceptors (Lipinski definition) is 4. The number of aryl methyl sites for hydroxylation is 1. The molecule has 1 aliphatic rings. The average molecular weight is 331 g/mol. The van der Waals surface area contributed by atoms with Gasteiger partial charge in [-0.05, 0) is 25.0 Å². The highest BCUT2D eigenvalue weighted by molar-refractivity contribution is 7.18. The number of carbonyl (C=O) groups is 2. The molecular formula is C17H21N3O2S. The van der Waals surface area contributed by atoms with E-state index in [2.05, 4.69) is 16.4 Å². The summed E-state index contributed by atoms with van der Waals surface area (Å²) in [5.74, 6) is 0.305. The molecule has 5 nitrogen and oxygen atoms in total. The van der Waals surface area contributed by atoms with Crippen LogP contribution in [0.2, 0.25) is 0 Å². The van der Waals surface area contributed by atoms with E-state index in [0.717, 1.165) is 23.4 Å². The van der Waals surface area contributed by atoms with Gasteiger partial charge in [-0.1, -0.05) is 12.1 Å². The number of carbonyl (C=O) groups excluding carboxylic acids is 2. The number of para-hydroxylation sites is 1. The molecule has 23 heavy (non-hydrogen) atoms. The van der Waals surface area contributed by atoms with Crippen molar-refractivity contribution in [2.45, 2.75) is 25.7 Å². The van der Waals surface area contributed by atoms with Gasteiger partial charge in [0.15, 0.2) is 0 Å². The predicted octanol–water partition coefficient (Wildman–Crippen LogP) is 2.21. The predicted molar refractivity (Wildman–Crippen MR) is 91.3 cm³/mol. The van der Waals surface area contributed by atoms with Crippen molar-refractivity contribution in [3.8, 4) is 0 Å². The van der Waals surface area contributed by atoms with Gasteiger partial charge < -0.3 is 10.2 Å². The van der Waals surface area contributed by atoms with Crippen molar-refractivity contribution in [3.05, 3.63) is 29.3 Å². The minimum Gasteiger partial charge on any atom is -0.359 e. The molecular weight excluding hydrogens is 310 g/mol. The summed E-state index contributed by atoms with van der Waals surface area (Å²) in [4.78, 5) is 30.4. The molecule has 0 spiro atoms. The lowest BCUT2D eigenvalue weighted by Crippen LogP contribution is -2.42. The van der Waals surface area contributed by atoms with Crippen molar-refractivity contribution in [1.82, 2.24) is 15.2 Å². The number of hydrogen-bond donors (Lipinski definition) is 1. The van der Waals surface area contributed by atoms with E-state index >= 15 is 0 Å². The molecule has 0 radical (unpaired) electrons. The number of thiazole rings is 1. The normalized spacial score (nSPS) is 15.8. The molecule has 3 rings (SSSR count). The SMILES string of the molecule is CNC(=O)C1CCN(C(=O)CCc2nc3ccccc3s2)CC1. The molecule has 1 aromatic carbocycles. The number of nitrogens with zero attached hydrogens (tertiary/aromatic N) is 2. The first-order valence-electron chi connectivity index (χ1n) is 8.01. The van der Waals surface area contributed by atoms with Crippen molar-refractivity contribution in [3.63, 3.8) is 0 Å². The fourth-order valence-electron chi connectivity index (χ4n) is 2.99. The molecule has 122 valence electrons. The number of likely N-dealkylation sites (tertiary alicyclic amines) is 1. The first kappa shape index (κ1) is 15.9. The van der Waals surface area contributed by atoms with Gasteiger partial charge >= 0.3 is 0 Å². The third kappa shape index (κ3) is 3.69. The van der Waals surface area contributed by atoms with Gasteiger partial charge in [-0.25, -0.2) is 4.98 Å². The van der Waals surface area contributed by atoms with Gasteiger partial charge in [0.25, 0.3) is 0 Å². The van der Waals surface area contributed by atoms with E-state index in [9.17, 15) is 9.59 Å². The topological polar surface area (TPSA) is 62.3 Å². The van der Waals surface area contributed by atoms with E-state index < -0.39 is 0 Å². The molecule has 2 aromatic rings. The fraction of sp³-hybridized carbons (Fsp3) is 0.471. The Morgan fingerprint density at radius 3 is 2.74 bits per heavy atom. The smallest absolute Gasteiger partial charge is 0.222 e. The lowest BCUT2D eigenvalue weighted by Gasteiger charge is -2.31. The quantitative estimate of drug-likeness (QED) is 0.934. The molecule has 0 aliphatic carbocycles. The Labute approximate surface area is 139 Å². The number of nitrogens with one attached hydrogen (secondary N) is 1. The number of amides is 2. The van der Waals surface area contributed by atoms with Gasteiger partial charge in [0.1, 0.15) is 0 Å². The van der Waals surface area contributed by atoms with Gasteiger partial charge in [0.2, 0.25) is 11.8 Å². The second kappa shape index (κ2) is 7.08. The first-order chi connectivity index (χ1) is 11.2. The lowest BCUT2D eigenvalue weighted by atomic mass is 9.96. The number of rotatable bonds is 4. The maximum atomic E-state index is 12.3. The van der Waals surface area contributed by atoms with Crippen LogP contribution in [0, 0.1) is 5.92 Å². The Morgan fingerprint density at radius 2 is 2.04 bits per heavy atom. The monoisotopic (exact) mass is 331 g/mol. The number of piperidine rings is 1. The van der Waals surface area contributed by atoms with Crippen molar-refractivity contribution in [2.75, 3.05) is 20.1 Å². The fourth-order valence-corrected chi connectivity index (χ4v) is 3.96. The first-order valence-corrected chi connectivity index (χ1v) is 8.83. The van der Waals surface area contributed by atoms with Crippen molar-refractivity contribution < 1.29 is 9.59 Å². The molecule has 0 saturated carbocycles. The van der Waals surface area contributed by atoms with Crippen LogP contribution in [0.15, 0.2) is 24.3 Å². The van der Waals surface area contributed by atoms with Gasteiger partial charge in [-0.3, -0.25) is 9.59 Å². The third-order valence-electron chi connectivity index (χ3n) is 4.36. The molecule has 1 aromatic heterocycles. The Bertz CT molecular complexity index is 672. The van der Waals surface area contributed by atoms with Crippen LogP contribution in [0.4, 0.5) is 0 Å². The van der Waals surface area contributed by atoms with Gasteiger partial charge in [0, 0.05) is 38.9 Å². The van der Waals surface area contributed by atoms with Crippen molar-refractivity contribution >= 4 is 33.4 Å². The summed E-state index contributed by atoms with van der Waals surface area (Å²) in [7, 11) is 1.66. The summed E-state index contributed by atoms with van der Waals surface area (Å²) in [5.41, 5.74) is 1.01. The summed E-state index contributed by atoms with van der Waals surface area (Å²) in [5, 5.41) is 3.70.